The second-order valence-electron chi connectivity index (χ2n) is 5.74. The normalized spacial score (nSPS) is 21.2. The van der Waals surface area contributed by atoms with Crippen LogP contribution in [0.15, 0.2) is 24.3 Å². The van der Waals surface area contributed by atoms with Crippen molar-refractivity contribution in [2.75, 3.05) is 18.9 Å². The summed E-state index contributed by atoms with van der Waals surface area (Å²) in [6.45, 7) is 0.652. The standard InChI is InChI=1S/C16H21N3O2/c1-17-13-6-3-2-5-12(13)16(21)19-10-4-7-14(19)15(20)18-11-8-9-11/h2-3,5-6,11,14,17H,4,7-10H2,1H3,(H,18,20). The maximum absolute atomic E-state index is 12.7. The highest BCUT2D eigenvalue weighted by molar-refractivity contribution is 6.02. The Hall–Kier alpha value is -2.04. The minimum absolute atomic E-state index is 0.00490. The number of nitrogens with one attached hydrogen (secondary N) is 2. The summed E-state index contributed by atoms with van der Waals surface area (Å²) in [5, 5.41) is 6.05. The molecule has 2 N–H and O–H groups in total. The highest BCUT2D eigenvalue weighted by atomic mass is 16.2. The molecule has 2 fully saturated rings. The van der Waals surface area contributed by atoms with Crippen molar-refractivity contribution in [3.63, 3.8) is 0 Å². The van der Waals surface area contributed by atoms with E-state index in [0.29, 0.717) is 18.2 Å². The van der Waals surface area contributed by atoms with Crippen LogP contribution in [0.25, 0.3) is 0 Å². The first-order chi connectivity index (χ1) is 10.2. The maximum Gasteiger partial charge on any atom is 0.256 e. The largest absolute Gasteiger partial charge is 0.387 e. The molecule has 1 saturated carbocycles. The summed E-state index contributed by atoms with van der Waals surface area (Å²) in [4.78, 5) is 26.7. The molecule has 1 aromatic carbocycles. The molecule has 0 aromatic heterocycles. The van der Waals surface area contributed by atoms with Gasteiger partial charge in [0, 0.05) is 25.3 Å². The van der Waals surface area contributed by atoms with Crippen LogP contribution >= 0.6 is 0 Å². The van der Waals surface area contributed by atoms with Crippen molar-refractivity contribution < 1.29 is 9.59 Å². The van der Waals surface area contributed by atoms with Crippen molar-refractivity contribution in [3.8, 4) is 0 Å². The number of amides is 2. The number of para-hydroxylation sites is 1. The molecule has 3 rings (SSSR count). The van der Waals surface area contributed by atoms with Gasteiger partial charge in [0.1, 0.15) is 6.04 Å². The first-order valence-electron chi connectivity index (χ1n) is 7.59. The SMILES string of the molecule is CNc1ccccc1C(=O)N1CCCC1C(=O)NC1CC1. The van der Waals surface area contributed by atoms with E-state index in [-0.39, 0.29) is 17.9 Å². The third kappa shape index (κ3) is 2.86. The summed E-state index contributed by atoms with van der Waals surface area (Å²) in [6, 6.07) is 7.45. The van der Waals surface area contributed by atoms with E-state index in [9.17, 15) is 9.59 Å². The van der Waals surface area contributed by atoms with E-state index in [0.717, 1.165) is 31.4 Å². The average molecular weight is 287 g/mol. The first-order valence-corrected chi connectivity index (χ1v) is 7.59. The molecule has 0 bridgehead atoms. The van der Waals surface area contributed by atoms with Crippen LogP contribution in [0.3, 0.4) is 0 Å². The van der Waals surface area contributed by atoms with Gasteiger partial charge in [0.2, 0.25) is 5.91 Å². The number of carbonyl (C=O) groups excluding carboxylic acids is 2. The Labute approximate surface area is 124 Å². The predicted octanol–water partition coefficient (Wildman–Crippen LogP) is 1.61. The smallest absolute Gasteiger partial charge is 0.256 e. The average Bonchev–Trinajstić information content (AvgIpc) is 3.18. The number of anilines is 1. The van der Waals surface area contributed by atoms with Gasteiger partial charge in [0.05, 0.1) is 5.56 Å². The second kappa shape index (κ2) is 5.76. The maximum atomic E-state index is 12.7. The van der Waals surface area contributed by atoms with Crippen LogP contribution in [-0.4, -0.2) is 42.4 Å². The fourth-order valence-electron chi connectivity index (χ4n) is 2.85. The Morgan fingerprint density at radius 3 is 2.67 bits per heavy atom. The van der Waals surface area contributed by atoms with Gasteiger partial charge in [-0.3, -0.25) is 9.59 Å². The van der Waals surface area contributed by atoms with Crippen LogP contribution in [0.4, 0.5) is 5.69 Å². The molecule has 1 unspecified atom stereocenters. The summed E-state index contributed by atoms with van der Waals surface area (Å²) in [7, 11) is 1.80. The van der Waals surface area contributed by atoms with E-state index in [1.165, 1.54) is 0 Å². The van der Waals surface area contributed by atoms with Gasteiger partial charge in [0.15, 0.2) is 0 Å². The Bertz CT molecular complexity index is 554. The molecule has 1 aliphatic carbocycles. The zero-order valence-corrected chi connectivity index (χ0v) is 12.3. The molecule has 2 amide bonds. The summed E-state index contributed by atoms with van der Waals surface area (Å²) in [5.41, 5.74) is 1.43. The minimum Gasteiger partial charge on any atom is -0.387 e. The van der Waals surface area contributed by atoms with Crippen molar-refractivity contribution in [2.24, 2.45) is 0 Å². The van der Waals surface area contributed by atoms with Crippen molar-refractivity contribution in [3.05, 3.63) is 29.8 Å². The molecule has 2 aliphatic rings. The van der Waals surface area contributed by atoms with Gasteiger partial charge in [0.25, 0.3) is 5.91 Å². The molecule has 1 aliphatic heterocycles. The number of hydrogen-bond acceptors (Lipinski definition) is 3. The number of hydrogen-bond donors (Lipinski definition) is 2. The van der Waals surface area contributed by atoms with Gasteiger partial charge in [-0.05, 0) is 37.8 Å². The molecule has 0 radical (unpaired) electrons. The fraction of sp³-hybridized carbons (Fsp3) is 0.500. The zero-order valence-electron chi connectivity index (χ0n) is 12.3. The van der Waals surface area contributed by atoms with E-state index in [1.54, 1.807) is 11.9 Å². The van der Waals surface area contributed by atoms with Crippen molar-refractivity contribution >= 4 is 17.5 Å². The highest BCUT2D eigenvalue weighted by Crippen LogP contribution is 2.25. The van der Waals surface area contributed by atoms with Gasteiger partial charge in [-0.2, -0.15) is 0 Å². The van der Waals surface area contributed by atoms with Crippen molar-refractivity contribution in [1.82, 2.24) is 10.2 Å². The van der Waals surface area contributed by atoms with E-state index < -0.39 is 0 Å². The molecule has 1 saturated heterocycles. The minimum atomic E-state index is -0.317. The number of benzene rings is 1. The van der Waals surface area contributed by atoms with E-state index >= 15 is 0 Å². The number of nitrogens with zero attached hydrogens (tertiary/aromatic N) is 1. The lowest BCUT2D eigenvalue weighted by Crippen LogP contribution is -2.46. The van der Waals surface area contributed by atoms with Gasteiger partial charge in [-0.15, -0.1) is 0 Å². The summed E-state index contributed by atoms with van der Waals surface area (Å²) < 4.78 is 0. The molecular formula is C16H21N3O2. The van der Waals surface area contributed by atoms with Crippen LogP contribution < -0.4 is 10.6 Å². The summed E-state index contributed by atoms with van der Waals surface area (Å²) in [5.74, 6) is -0.0568. The van der Waals surface area contributed by atoms with Crippen LogP contribution in [-0.2, 0) is 4.79 Å². The van der Waals surface area contributed by atoms with Crippen LogP contribution in [0, 0.1) is 0 Å². The summed E-state index contributed by atoms with van der Waals surface area (Å²) >= 11 is 0. The van der Waals surface area contributed by atoms with E-state index in [1.807, 2.05) is 24.3 Å². The molecule has 0 spiro atoms. The Kier molecular flexibility index (Phi) is 3.82. The molecule has 1 atom stereocenters. The van der Waals surface area contributed by atoms with Crippen LogP contribution in [0.1, 0.15) is 36.0 Å². The quantitative estimate of drug-likeness (QED) is 0.884. The summed E-state index contributed by atoms with van der Waals surface area (Å²) in [6.07, 6.45) is 3.77. The predicted molar refractivity (Wildman–Crippen MR) is 81.2 cm³/mol. The monoisotopic (exact) mass is 287 g/mol. The molecule has 5 nitrogen and oxygen atoms in total. The lowest BCUT2D eigenvalue weighted by Gasteiger charge is -2.25. The lowest BCUT2D eigenvalue weighted by molar-refractivity contribution is -0.125. The fourth-order valence-corrected chi connectivity index (χ4v) is 2.85. The molecule has 1 heterocycles. The number of rotatable bonds is 4. The third-order valence-electron chi connectivity index (χ3n) is 4.17. The van der Waals surface area contributed by atoms with Gasteiger partial charge in [-0.1, -0.05) is 12.1 Å². The highest BCUT2D eigenvalue weighted by Gasteiger charge is 2.37. The Morgan fingerprint density at radius 1 is 1.19 bits per heavy atom. The first kappa shape index (κ1) is 13.9. The second-order valence-corrected chi connectivity index (χ2v) is 5.74. The zero-order chi connectivity index (χ0) is 14.8. The number of likely N-dealkylation sites (tertiary alicyclic amines) is 1. The van der Waals surface area contributed by atoms with Crippen molar-refractivity contribution in [1.29, 1.82) is 0 Å². The van der Waals surface area contributed by atoms with Crippen LogP contribution in [0.5, 0.6) is 0 Å². The van der Waals surface area contributed by atoms with Gasteiger partial charge >= 0.3 is 0 Å². The molecule has 112 valence electrons. The molecule has 1 aromatic rings. The van der Waals surface area contributed by atoms with Gasteiger partial charge in [-0.25, -0.2) is 0 Å². The van der Waals surface area contributed by atoms with E-state index in [4.69, 9.17) is 0 Å². The molecule has 21 heavy (non-hydrogen) atoms. The molecule has 5 heteroatoms. The molecular weight excluding hydrogens is 266 g/mol. The Morgan fingerprint density at radius 2 is 1.95 bits per heavy atom. The van der Waals surface area contributed by atoms with Gasteiger partial charge < -0.3 is 15.5 Å². The third-order valence-corrected chi connectivity index (χ3v) is 4.17. The van der Waals surface area contributed by atoms with E-state index in [2.05, 4.69) is 10.6 Å². The topological polar surface area (TPSA) is 61.4 Å². The lowest BCUT2D eigenvalue weighted by atomic mass is 10.1. The van der Waals surface area contributed by atoms with Crippen LogP contribution in [0.2, 0.25) is 0 Å². The Balaban J connectivity index is 1.77. The van der Waals surface area contributed by atoms with Crippen molar-refractivity contribution in [2.45, 2.75) is 37.8 Å². The number of carbonyl (C=O) groups is 2.